The molecule has 0 saturated carbocycles. The van der Waals surface area contributed by atoms with Crippen LogP contribution < -0.4 is 5.32 Å². The minimum atomic E-state index is -0.0939. The summed E-state index contributed by atoms with van der Waals surface area (Å²) in [4.78, 5) is 18.1. The van der Waals surface area contributed by atoms with E-state index in [1.165, 1.54) is 18.5 Å². The Balaban J connectivity index is 1.49. The quantitative estimate of drug-likeness (QED) is 0.673. The normalized spacial score (nSPS) is 13.3. The molecule has 132 valence electrons. The number of aromatic nitrogens is 2. The second-order valence-electron chi connectivity index (χ2n) is 6.44. The zero-order chi connectivity index (χ0) is 17.9. The number of nitrogens with one attached hydrogen (secondary N) is 1. The van der Waals surface area contributed by atoms with Crippen molar-refractivity contribution < 1.29 is 4.79 Å². The molecule has 1 amide bonds. The van der Waals surface area contributed by atoms with Gasteiger partial charge in [0.1, 0.15) is 5.82 Å². The van der Waals surface area contributed by atoms with Gasteiger partial charge in [-0.1, -0.05) is 0 Å². The van der Waals surface area contributed by atoms with E-state index < -0.39 is 0 Å². The van der Waals surface area contributed by atoms with Crippen molar-refractivity contribution in [3.05, 3.63) is 66.0 Å². The maximum absolute atomic E-state index is 12.4. The molecule has 0 radical (unpaired) electrons. The molecule has 26 heavy (non-hydrogen) atoms. The molecular formula is C21H21N3OS. The topological polar surface area (TPSA) is 46.9 Å². The van der Waals surface area contributed by atoms with Crippen LogP contribution in [0.3, 0.4) is 0 Å². The first-order valence-corrected chi connectivity index (χ1v) is 10.1. The molecule has 4 nitrogen and oxygen atoms in total. The van der Waals surface area contributed by atoms with Crippen molar-refractivity contribution in [2.24, 2.45) is 0 Å². The first kappa shape index (κ1) is 16.9. The van der Waals surface area contributed by atoms with Crippen molar-refractivity contribution in [3.63, 3.8) is 0 Å². The summed E-state index contributed by atoms with van der Waals surface area (Å²) >= 11 is 1.66. The zero-order valence-corrected chi connectivity index (χ0v) is 15.6. The molecule has 1 N–H and O–H groups in total. The Morgan fingerprint density at radius 1 is 1.08 bits per heavy atom. The smallest absolute Gasteiger partial charge is 0.255 e. The van der Waals surface area contributed by atoms with Crippen LogP contribution in [0.25, 0.3) is 11.4 Å². The molecule has 5 heteroatoms. The van der Waals surface area contributed by atoms with Gasteiger partial charge in [0, 0.05) is 40.1 Å². The van der Waals surface area contributed by atoms with Gasteiger partial charge in [-0.25, -0.2) is 4.98 Å². The van der Waals surface area contributed by atoms with Crippen LogP contribution in [0, 0.1) is 0 Å². The van der Waals surface area contributed by atoms with Crippen LogP contribution in [0.4, 0.5) is 5.69 Å². The van der Waals surface area contributed by atoms with Crippen LogP contribution in [-0.2, 0) is 13.0 Å². The lowest BCUT2D eigenvalue weighted by Crippen LogP contribution is -2.12. The molecule has 0 saturated heterocycles. The van der Waals surface area contributed by atoms with E-state index in [1.807, 2.05) is 61.0 Å². The van der Waals surface area contributed by atoms with Gasteiger partial charge in [0.2, 0.25) is 0 Å². The number of carbonyl (C=O) groups excluding carboxylic acids is 1. The number of carbonyl (C=O) groups is 1. The summed E-state index contributed by atoms with van der Waals surface area (Å²) in [6, 6.07) is 15.6. The van der Waals surface area contributed by atoms with Crippen LogP contribution in [-0.4, -0.2) is 21.7 Å². The highest BCUT2D eigenvalue weighted by molar-refractivity contribution is 7.98. The van der Waals surface area contributed by atoms with Crippen LogP contribution in [0.2, 0.25) is 0 Å². The fourth-order valence-electron chi connectivity index (χ4n) is 3.31. The molecule has 3 aromatic rings. The second kappa shape index (κ2) is 7.38. The number of hydrogen-bond donors (Lipinski definition) is 1. The largest absolute Gasteiger partial charge is 0.328 e. The van der Waals surface area contributed by atoms with E-state index in [2.05, 4.69) is 14.9 Å². The van der Waals surface area contributed by atoms with E-state index in [-0.39, 0.29) is 5.91 Å². The van der Waals surface area contributed by atoms with Crippen molar-refractivity contribution in [1.29, 1.82) is 0 Å². The van der Waals surface area contributed by atoms with Crippen molar-refractivity contribution in [3.8, 4) is 11.4 Å². The van der Waals surface area contributed by atoms with Gasteiger partial charge in [0.25, 0.3) is 5.91 Å². The number of thioether (sulfide) groups is 1. The van der Waals surface area contributed by atoms with Gasteiger partial charge < -0.3 is 9.88 Å². The molecule has 2 heterocycles. The number of rotatable bonds is 4. The second-order valence-corrected chi connectivity index (χ2v) is 7.32. The maximum Gasteiger partial charge on any atom is 0.255 e. The Morgan fingerprint density at radius 3 is 2.58 bits per heavy atom. The fourth-order valence-corrected chi connectivity index (χ4v) is 3.72. The predicted octanol–water partition coefficient (Wildman–Crippen LogP) is 4.86. The lowest BCUT2D eigenvalue weighted by Gasteiger charge is -2.16. The lowest BCUT2D eigenvalue weighted by molar-refractivity contribution is 0.102. The third-order valence-electron chi connectivity index (χ3n) is 4.76. The molecule has 0 spiro atoms. The van der Waals surface area contributed by atoms with Gasteiger partial charge in [-0.2, -0.15) is 0 Å². The van der Waals surface area contributed by atoms with Crippen molar-refractivity contribution in [1.82, 2.24) is 9.55 Å². The first-order valence-electron chi connectivity index (χ1n) is 8.85. The molecule has 1 aliphatic heterocycles. The third kappa shape index (κ3) is 3.40. The molecule has 0 aliphatic carbocycles. The Kier molecular flexibility index (Phi) is 4.80. The number of aryl methyl sites for hydroxylation is 1. The van der Waals surface area contributed by atoms with Gasteiger partial charge in [-0.3, -0.25) is 4.79 Å². The van der Waals surface area contributed by atoms with Crippen LogP contribution in [0.5, 0.6) is 0 Å². The maximum atomic E-state index is 12.4. The number of amides is 1. The van der Waals surface area contributed by atoms with Gasteiger partial charge in [0.15, 0.2) is 0 Å². The molecule has 0 atom stereocenters. The van der Waals surface area contributed by atoms with E-state index in [4.69, 9.17) is 0 Å². The Hall–Kier alpha value is -2.53. The number of fused-ring (bicyclic) bond motifs is 1. The molecule has 0 bridgehead atoms. The highest BCUT2D eigenvalue weighted by atomic mass is 32.2. The molecule has 0 unspecified atom stereocenters. The average Bonchev–Trinajstić information content (AvgIpc) is 3.13. The van der Waals surface area contributed by atoms with Gasteiger partial charge >= 0.3 is 0 Å². The predicted molar refractivity (Wildman–Crippen MR) is 107 cm³/mol. The van der Waals surface area contributed by atoms with E-state index in [0.29, 0.717) is 5.56 Å². The molecule has 1 aliphatic rings. The summed E-state index contributed by atoms with van der Waals surface area (Å²) in [5.74, 6) is 0.925. The minimum Gasteiger partial charge on any atom is -0.328 e. The lowest BCUT2D eigenvalue weighted by atomic mass is 10.1. The Labute approximate surface area is 157 Å². The number of nitrogens with zero attached hydrogens (tertiary/aromatic N) is 2. The summed E-state index contributed by atoms with van der Waals surface area (Å²) in [6.07, 6.45) is 7.57. The number of hydrogen-bond acceptors (Lipinski definition) is 3. The minimum absolute atomic E-state index is 0.0939. The standard InChI is InChI=1S/C21H21N3OS/c1-26-19-11-7-16(8-12-19)21(25)23-17-9-5-15(6-10-17)20-22-14-18-4-2-3-13-24(18)20/h5-12,14H,2-4,13H2,1H3,(H,23,25). The van der Waals surface area contributed by atoms with E-state index >= 15 is 0 Å². The highest BCUT2D eigenvalue weighted by Crippen LogP contribution is 2.25. The SMILES string of the molecule is CSc1ccc(C(=O)Nc2ccc(-c3ncc4n3CCCC4)cc2)cc1. The molecule has 1 aromatic heterocycles. The van der Waals surface area contributed by atoms with Crippen LogP contribution in [0.15, 0.2) is 59.6 Å². The highest BCUT2D eigenvalue weighted by Gasteiger charge is 2.15. The summed E-state index contributed by atoms with van der Waals surface area (Å²) in [5, 5.41) is 2.96. The first-order chi connectivity index (χ1) is 12.7. The van der Waals surface area contributed by atoms with Gasteiger partial charge in [-0.15, -0.1) is 11.8 Å². The van der Waals surface area contributed by atoms with Crippen molar-refractivity contribution >= 4 is 23.4 Å². The average molecular weight is 363 g/mol. The summed E-state index contributed by atoms with van der Waals surface area (Å²) in [7, 11) is 0. The fraction of sp³-hybridized carbons (Fsp3) is 0.238. The summed E-state index contributed by atoms with van der Waals surface area (Å²) in [5.41, 5.74) is 3.85. The third-order valence-corrected chi connectivity index (χ3v) is 5.50. The molecule has 4 rings (SSSR count). The number of anilines is 1. The number of imidazole rings is 1. The summed E-state index contributed by atoms with van der Waals surface area (Å²) < 4.78 is 2.31. The Bertz CT molecular complexity index is 913. The van der Waals surface area contributed by atoms with Gasteiger partial charge in [-0.05, 0) is 74.0 Å². The van der Waals surface area contributed by atoms with E-state index in [9.17, 15) is 4.79 Å². The van der Waals surface area contributed by atoms with Crippen molar-refractivity contribution in [2.45, 2.75) is 30.7 Å². The number of benzene rings is 2. The molecular weight excluding hydrogens is 342 g/mol. The molecule has 0 fully saturated rings. The monoisotopic (exact) mass is 363 g/mol. The van der Waals surface area contributed by atoms with E-state index in [1.54, 1.807) is 11.8 Å². The van der Waals surface area contributed by atoms with Gasteiger partial charge in [0.05, 0.1) is 0 Å². The van der Waals surface area contributed by atoms with Crippen LogP contribution >= 0.6 is 11.8 Å². The molecule has 2 aromatic carbocycles. The van der Waals surface area contributed by atoms with Crippen molar-refractivity contribution in [2.75, 3.05) is 11.6 Å². The van der Waals surface area contributed by atoms with Crippen LogP contribution in [0.1, 0.15) is 28.9 Å². The summed E-state index contributed by atoms with van der Waals surface area (Å²) in [6.45, 7) is 1.04. The Morgan fingerprint density at radius 2 is 1.85 bits per heavy atom. The zero-order valence-electron chi connectivity index (χ0n) is 14.7. The van der Waals surface area contributed by atoms with E-state index in [0.717, 1.165) is 34.9 Å².